The fraction of sp³-hybridized carbons (Fsp3) is 0.286. The van der Waals surface area contributed by atoms with Crippen LogP contribution in [0.4, 0.5) is 0 Å². The van der Waals surface area contributed by atoms with E-state index in [2.05, 4.69) is 15.4 Å². The summed E-state index contributed by atoms with van der Waals surface area (Å²) >= 11 is 0. The molecule has 1 amide bonds. The molecule has 2 heterocycles. The smallest absolute Gasteiger partial charge is 0.252 e. The first-order valence-corrected chi connectivity index (χ1v) is 6.64. The standard InChI is InChI=1S/C14H13N5O3/c1-9(10-2-3-11-12(4-10)22-8-21-11)17-14(20)6-19-7-16-13(5-15)18-19/h2-4,7,9H,6,8H2,1H3,(H,17,20)/t9-/m0/s1. The molecule has 0 aliphatic carbocycles. The van der Waals surface area contributed by atoms with E-state index in [-0.39, 0.29) is 31.1 Å². The Hall–Kier alpha value is -3.08. The Balaban J connectivity index is 1.62. The number of nitriles is 1. The van der Waals surface area contributed by atoms with Crippen LogP contribution in [0.5, 0.6) is 11.5 Å². The van der Waals surface area contributed by atoms with Crippen LogP contribution in [0.15, 0.2) is 24.5 Å². The molecule has 1 atom stereocenters. The highest BCUT2D eigenvalue weighted by Crippen LogP contribution is 2.34. The molecule has 1 aromatic carbocycles. The van der Waals surface area contributed by atoms with Crippen molar-refractivity contribution in [3.63, 3.8) is 0 Å². The lowest BCUT2D eigenvalue weighted by Crippen LogP contribution is -2.30. The van der Waals surface area contributed by atoms with Gasteiger partial charge in [0.05, 0.1) is 6.04 Å². The fourth-order valence-electron chi connectivity index (χ4n) is 2.12. The summed E-state index contributed by atoms with van der Waals surface area (Å²) in [7, 11) is 0. The molecule has 8 heteroatoms. The second kappa shape index (κ2) is 5.73. The van der Waals surface area contributed by atoms with E-state index in [0.29, 0.717) is 11.5 Å². The molecule has 22 heavy (non-hydrogen) atoms. The van der Waals surface area contributed by atoms with Gasteiger partial charge in [-0.15, -0.1) is 5.10 Å². The summed E-state index contributed by atoms with van der Waals surface area (Å²) in [6, 6.07) is 7.15. The fourth-order valence-corrected chi connectivity index (χ4v) is 2.12. The highest BCUT2D eigenvalue weighted by molar-refractivity contribution is 5.76. The molecule has 1 aliphatic heterocycles. The van der Waals surface area contributed by atoms with Gasteiger partial charge >= 0.3 is 0 Å². The van der Waals surface area contributed by atoms with Crippen LogP contribution < -0.4 is 14.8 Å². The molecule has 1 aliphatic rings. The van der Waals surface area contributed by atoms with Crippen LogP contribution in [-0.2, 0) is 11.3 Å². The average Bonchev–Trinajstić information content (AvgIpc) is 3.14. The molecule has 0 saturated carbocycles. The number of amides is 1. The maximum atomic E-state index is 12.0. The van der Waals surface area contributed by atoms with Crippen LogP contribution in [0.25, 0.3) is 0 Å². The van der Waals surface area contributed by atoms with E-state index in [1.807, 2.05) is 31.2 Å². The van der Waals surface area contributed by atoms with Gasteiger partial charge < -0.3 is 14.8 Å². The molecule has 0 bridgehead atoms. The van der Waals surface area contributed by atoms with E-state index < -0.39 is 0 Å². The first-order valence-electron chi connectivity index (χ1n) is 6.64. The van der Waals surface area contributed by atoms with Crippen molar-refractivity contribution in [1.82, 2.24) is 20.1 Å². The van der Waals surface area contributed by atoms with Crippen molar-refractivity contribution >= 4 is 5.91 Å². The lowest BCUT2D eigenvalue weighted by molar-refractivity contribution is -0.122. The number of carbonyl (C=O) groups excluding carboxylic acids is 1. The van der Waals surface area contributed by atoms with E-state index in [9.17, 15) is 4.79 Å². The van der Waals surface area contributed by atoms with Crippen LogP contribution in [0.2, 0.25) is 0 Å². The van der Waals surface area contributed by atoms with Crippen LogP contribution in [0.3, 0.4) is 0 Å². The van der Waals surface area contributed by atoms with Crippen molar-refractivity contribution in [3.8, 4) is 17.6 Å². The van der Waals surface area contributed by atoms with Gasteiger partial charge in [0.15, 0.2) is 11.5 Å². The summed E-state index contributed by atoms with van der Waals surface area (Å²) in [5, 5.41) is 15.3. The van der Waals surface area contributed by atoms with Gasteiger partial charge in [0, 0.05) is 0 Å². The molecule has 1 N–H and O–H groups in total. The maximum Gasteiger partial charge on any atom is 0.252 e. The predicted octanol–water partition coefficient (Wildman–Crippen LogP) is 0.756. The molecule has 8 nitrogen and oxygen atoms in total. The molecule has 0 radical (unpaired) electrons. The quantitative estimate of drug-likeness (QED) is 0.894. The Bertz CT molecular complexity index is 749. The van der Waals surface area contributed by atoms with Gasteiger partial charge in [-0.1, -0.05) is 6.07 Å². The third kappa shape index (κ3) is 2.83. The topological polar surface area (TPSA) is 102 Å². The number of hydrogen-bond donors (Lipinski definition) is 1. The zero-order valence-electron chi connectivity index (χ0n) is 11.8. The number of hydrogen-bond acceptors (Lipinski definition) is 6. The van der Waals surface area contributed by atoms with Gasteiger partial charge in [-0.25, -0.2) is 9.67 Å². The van der Waals surface area contributed by atoms with Gasteiger partial charge in [-0.2, -0.15) is 5.26 Å². The Morgan fingerprint density at radius 1 is 1.50 bits per heavy atom. The van der Waals surface area contributed by atoms with E-state index in [1.54, 1.807) is 0 Å². The molecule has 112 valence electrons. The summed E-state index contributed by atoms with van der Waals surface area (Å²) in [5.74, 6) is 1.19. The highest BCUT2D eigenvalue weighted by Gasteiger charge is 2.17. The summed E-state index contributed by atoms with van der Waals surface area (Å²) < 4.78 is 11.9. The number of nitrogens with zero attached hydrogens (tertiary/aromatic N) is 4. The average molecular weight is 299 g/mol. The number of nitrogens with one attached hydrogen (secondary N) is 1. The van der Waals surface area contributed by atoms with Gasteiger partial charge in [-0.05, 0) is 24.6 Å². The van der Waals surface area contributed by atoms with Crippen molar-refractivity contribution in [2.75, 3.05) is 6.79 Å². The Morgan fingerprint density at radius 2 is 2.32 bits per heavy atom. The van der Waals surface area contributed by atoms with E-state index in [1.165, 1.54) is 11.0 Å². The predicted molar refractivity (Wildman–Crippen MR) is 73.9 cm³/mol. The van der Waals surface area contributed by atoms with Crippen LogP contribution >= 0.6 is 0 Å². The molecule has 0 spiro atoms. The molecule has 3 rings (SSSR count). The molecule has 2 aromatic rings. The SMILES string of the molecule is C[C@H](NC(=O)Cn1cnc(C#N)n1)c1ccc2c(c1)OCO2. The molecular weight excluding hydrogens is 286 g/mol. The molecular formula is C14H13N5O3. The highest BCUT2D eigenvalue weighted by atomic mass is 16.7. The second-order valence-electron chi connectivity index (χ2n) is 4.78. The van der Waals surface area contributed by atoms with Crippen molar-refractivity contribution in [2.24, 2.45) is 0 Å². The van der Waals surface area contributed by atoms with Crippen LogP contribution in [0, 0.1) is 11.3 Å². The van der Waals surface area contributed by atoms with Gasteiger partial charge in [-0.3, -0.25) is 4.79 Å². The molecule has 0 unspecified atom stereocenters. The zero-order chi connectivity index (χ0) is 15.5. The summed E-state index contributed by atoms with van der Waals surface area (Å²) in [6.07, 6.45) is 1.35. The number of carbonyl (C=O) groups is 1. The summed E-state index contributed by atoms with van der Waals surface area (Å²) in [5.41, 5.74) is 0.911. The van der Waals surface area contributed by atoms with E-state index in [0.717, 1.165) is 5.56 Å². The third-order valence-corrected chi connectivity index (χ3v) is 3.22. The third-order valence-electron chi connectivity index (χ3n) is 3.22. The number of aromatic nitrogens is 3. The largest absolute Gasteiger partial charge is 0.454 e. The zero-order valence-corrected chi connectivity index (χ0v) is 11.8. The number of fused-ring (bicyclic) bond motifs is 1. The second-order valence-corrected chi connectivity index (χ2v) is 4.78. The van der Waals surface area contributed by atoms with Gasteiger partial charge in [0.25, 0.3) is 5.82 Å². The Labute approximate surface area is 126 Å². The van der Waals surface area contributed by atoms with E-state index >= 15 is 0 Å². The first-order chi connectivity index (χ1) is 10.7. The van der Waals surface area contributed by atoms with E-state index in [4.69, 9.17) is 14.7 Å². The van der Waals surface area contributed by atoms with Crippen molar-refractivity contribution in [2.45, 2.75) is 19.5 Å². The summed E-state index contributed by atoms with van der Waals surface area (Å²) in [4.78, 5) is 15.7. The number of benzene rings is 1. The number of rotatable bonds is 4. The Morgan fingerprint density at radius 3 is 3.09 bits per heavy atom. The minimum Gasteiger partial charge on any atom is -0.454 e. The monoisotopic (exact) mass is 299 g/mol. The van der Waals surface area contributed by atoms with Crippen molar-refractivity contribution < 1.29 is 14.3 Å². The molecule has 1 aromatic heterocycles. The minimum atomic E-state index is -0.223. The Kier molecular flexibility index (Phi) is 3.62. The number of ether oxygens (including phenoxy) is 2. The van der Waals surface area contributed by atoms with Crippen LogP contribution in [0.1, 0.15) is 24.4 Å². The normalized spacial score (nSPS) is 13.5. The summed E-state index contributed by atoms with van der Waals surface area (Å²) in [6.45, 7) is 2.09. The minimum absolute atomic E-state index is 0.00354. The van der Waals surface area contributed by atoms with Crippen molar-refractivity contribution in [3.05, 3.63) is 35.9 Å². The first kappa shape index (κ1) is 13.9. The lowest BCUT2D eigenvalue weighted by Gasteiger charge is -2.14. The van der Waals surface area contributed by atoms with Gasteiger partial charge in [0.1, 0.15) is 18.9 Å². The lowest BCUT2D eigenvalue weighted by atomic mass is 10.1. The van der Waals surface area contributed by atoms with Crippen molar-refractivity contribution in [1.29, 1.82) is 5.26 Å². The van der Waals surface area contributed by atoms with Crippen LogP contribution in [-0.4, -0.2) is 27.5 Å². The molecule has 0 saturated heterocycles. The van der Waals surface area contributed by atoms with Gasteiger partial charge in [0.2, 0.25) is 12.7 Å². The molecule has 0 fully saturated rings. The maximum absolute atomic E-state index is 12.0.